The zero-order valence-corrected chi connectivity index (χ0v) is 20.0. The topological polar surface area (TPSA) is 0 Å². The quantitative estimate of drug-likeness (QED) is 0.307. The van der Waals surface area contributed by atoms with Crippen LogP contribution in [0.2, 0.25) is 0 Å². The average molecular weight is 393 g/mol. The van der Waals surface area contributed by atoms with E-state index in [1.54, 1.807) is 0 Å². The van der Waals surface area contributed by atoms with Crippen molar-refractivity contribution in [1.82, 2.24) is 0 Å². The zero-order chi connectivity index (χ0) is 20.0. The summed E-state index contributed by atoms with van der Waals surface area (Å²) in [5, 5.41) is 0. The smallest absolute Gasteiger partial charge is 0.0414 e. The van der Waals surface area contributed by atoms with Crippen LogP contribution >= 0.6 is 0 Å². The van der Waals surface area contributed by atoms with Crippen LogP contribution in [-0.2, 0) is 0 Å². The van der Waals surface area contributed by atoms with Gasteiger partial charge in [0, 0.05) is 0 Å². The second kappa shape index (κ2) is 21.7. The third kappa shape index (κ3) is 18.1. The molecule has 0 aliphatic heterocycles. The van der Waals surface area contributed by atoms with Crippen LogP contribution in [0.5, 0.6) is 0 Å². The predicted octanol–water partition coefficient (Wildman–Crippen LogP) is 10.8. The van der Waals surface area contributed by atoms with E-state index in [0.717, 1.165) is 5.92 Å². The lowest BCUT2D eigenvalue weighted by molar-refractivity contribution is 0.364. The zero-order valence-electron chi connectivity index (χ0n) is 20.0. The molecule has 28 heavy (non-hydrogen) atoms. The Morgan fingerprint density at radius 2 is 0.714 bits per heavy atom. The van der Waals surface area contributed by atoms with Crippen molar-refractivity contribution in [3.8, 4) is 0 Å². The summed E-state index contributed by atoms with van der Waals surface area (Å²) in [4.78, 5) is 0. The van der Waals surface area contributed by atoms with Crippen LogP contribution in [0.1, 0.15) is 174 Å². The van der Waals surface area contributed by atoms with Crippen molar-refractivity contribution in [3.63, 3.8) is 0 Å². The fraction of sp³-hybridized carbons (Fsp3) is 1.00. The highest BCUT2D eigenvalue weighted by Crippen LogP contribution is 2.25. The van der Waals surface area contributed by atoms with Crippen molar-refractivity contribution >= 4 is 0 Å². The van der Waals surface area contributed by atoms with Crippen LogP contribution in [-0.4, -0.2) is 0 Å². The molecule has 0 aromatic heterocycles. The Morgan fingerprint density at radius 3 is 1.11 bits per heavy atom. The van der Waals surface area contributed by atoms with Gasteiger partial charge in [-0.25, -0.2) is 0 Å². The number of hydrogen-bond acceptors (Lipinski definition) is 0. The van der Waals surface area contributed by atoms with Crippen molar-refractivity contribution in [1.29, 1.82) is 0 Å². The third-order valence-electron chi connectivity index (χ3n) is 7.19. The molecule has 168 valence electrons. The molecule has 0 saturated heterocycles. The molecule has 0 unspecified atom stereocenters. The Labute approximate surface area is 180 Å². The standard InChI is InChI=1S/C28H56/c1-2-3-4-5-6-7-13-16-19-22-25-28-26-23-20-17-14-11-9-8-10-12-15-18-21-24-27-28/h28H,2-27H2,1H3. The minimum absolute atomic E-state index is 1.06. The van der Waals surface area contributed by atoms with E-state index in [0.29, 0.717) is 0 Å². The fourth-order valence-corrected chi connectivity index (χ4v) is 5.16. The van der Waals surface area contributed by atoms with E-state index < -0.39 is 0 Å². The normalized spacial score (nSPS) is 19.6. The van der Waals surface area contributed by atoms with E-state index in [-0.39, 0.29) is 0 Å². The Hall–Kier alpha value is 0. The van der Waals surface area contributed by atoms with Crippen LogP contribution in [0.4, 0.5) is 0 Å². The van der Waals surface area contributed by atoms with Crippen molar-refractivity contribution in [2.45, 2.75) is 174 Å². The monoisotopic (exact) mass is 392 g/mol. The molecule has 0 aromatic rings. The lowest BCUT2D eigenvalue weighted by Crippen LogP contribution is -2.02. The lowest BCUT2D eigenvalue weighted by Gasteiger charge is -2.17. The summed E-state index contributed by atoms with van der Waals surface area (Å²) in [6.07, 6.45) is 39.0. The molecule has 0 bridgehead atoms. The van der Waals surface area contributed by atoms with E-state index in [9.17, 15) is 0 Å². The summed E-state index contributed by atoms with van der Waals surface area (Å²) >= 11 is 0. The predicted molar refractivity (Wildman–Crippen MR) is 129 cm³/mol. The Bertz CT molecular complexity index is 266. The van der Waals surface area contributed by atoms with Crippen LogP contribution in [0.25, 0.3) is 0 Å². The summed E-state index contributed by atoms with van der Waals surface area (Å²) in [5.41, 5.74) is 0. The molecule has 0 amide bonds. The molecular weight excluding hydrogens is 336 g/mol. The fourth-order valence-electron chi connectivity index (χ4n) is 5.16. The van der Waals surface area contributed by atoms with Crippen LogP contribution < -0.4 is 0 Å². The van der Waals surface area contributed by atoms with Gasteiger partial charge >= 0.3 is 0 Å². The molecular formula is C28H56. The number of unbranched alkanes of at least 4 members (excludes halogenated alkanes) is 9. The van der Waals surface area contributed by atoms with Gasteiger partial charge in [-0.15, -0.1) is 0 Å². The van der Waals surface area contributed by atoms with Gasteiger partial charge in [0.15, 0.2) is 0 Å². The highest BCUT2D eigenvalue weighted by atomic mass is 14.1. The molecule has 0 nitrogen and oxygen atoms in total. The highest BCUT2D eigenvalue weighted by Gasteiger charge is 2.09. The minimum Gasteiger partial charge on any atom is -0.0654 e. The largest absolute Gasteiger partial charge is 0.0654 e. The Morgan fingerprint density at radius 1 is 0.393 bits per heavy atom. The number of rotatable bonds is 11. The minimum atomic E-state index is 1.06. The van der Waals surface area contributed by atoms with Crippen LogP contribution in [0.15, 0.2) is 0 Å². The molecule has 0 atom stereocenters. The summed E-state index contributed by atoms with van der Waals surface area (Å²) in [6.45, 7) is 2.31. The molecule has 0 heterocycles. The maximum absolute atomic E-state index is 2.31. The van der Waals surface area contributed by atoms with E-state index in [1.807, 2.05) is 0 Å². The molecule has 1 saturated carbocycles. The van der Waals surface area contributed by atoms with Crippen molar-refractivity contribution in [2.75, 3.05) is 0 Å². The first-order chi connectivity index (χ1) is 13.9. The summed E-state index contributed by atoms with van der Waals surface area (Å²) < 4.78 is 0. The van der Waals surface area contributed by atoms with E-state index >= 15 is 0 Å². The van der Waals surface area contributed by atoms with Gasteiger partial charge in [0.2, 0.25) is 0 Å². The average Bonchev–Trinajstić information content (AvgIpc) is 2.70. The first-order valence-electron chi connectivity index (χ1n) is 13.9. The van der Waals surface area contributed by atoms with Crippen molar-refractivity contribution < 1.29 is 0 Å². The van der Waals surface area contributed by atoms with Crippen molar-refractivity contribution in [3.05, 3.63) is 0 Å². The first-order valence-corrected chi connectivity index (χ1v) is 13.9. The maximum Gasteiger partial charge on any atom is -0.0414 e. The number of hydrogen-bond donors (Lipinski definition) is 0. The van der Waals surface area contributed by atoms with E-state index in [1.165, 1.54) is 167 Å². The van der Waals surface area contributed by atoms with Gasteiger partial charge in [-0.2, -0.15) is 0 Å². The van der Waals surface area contributed by atoms with Crippen molar-refractivity contribution in [2.24, 2.45) is 5.92 Å². The van der Waals surface area contributed by atoms with Gasteiger partial charge in [-0.1, -0.05) is 174 Å². The molecule has 0 N–H and O–H groups in total. The Balaban J connectivity index is 2.06. The highest BCUT2D eigenvalue weighted by molar-refractivity contribution is 4.62. The van der Waals surface area contributed by atoms with Gasteiger partial charge in [0.05, 0.1) is 0 Å². The second-order valence-corrected chi connectivity index (χ2v) is 10.0. The molecule has 0 spiro atoms. The summed E-state index contributed by atoms with van der Waals surface area (Å²) in [7, 11) is 0. The lowest BCUT2D eigenvalue weighted by atomic mass is 9.89. The molecule has 1 aliphatic rings. The van der Waals surface area contributed by atoms with Crippen LogP contribution in [0.3, 0.4) is 0 Å². The molecule has 1 fully saturated rings. The molecule has 0 heteroatoms. The van der Waals surface area contributed by atoms with Gasteiger partial charge in [-0.05, 0) is 5.92 Å². The SMILES string of the molecule is CCCCCCCCCCCCC1CCCCCCCCCCCCCCC1. The summed E-state index contributed by atoms with van der Waals surface area (Å²) in [6, 6.07) is 0. The van der Waals surface area contributed by atoms with E-state index in [2.05, 4.69) is 6.92 Å². The van der Waals surface area contributed by atoms with Gasteiger partial charge < -0.3 is 0 Å². The maximum atomic E-state index is 2.31. The second-order valence-electron chi connectivity index (χ2n) is 10.0. The van der Waals surface area contributed by atoms with Gasteiger partial charge in [0.1, 0.15) is 0 Å². The van der Waals surface area contributed by atoms with Crippen LogP contribution in [0, 0.1) is 5.92 Å². The molecule has 0 aromatic carbocycles. The Kier molecular flexibility index (Phi) is 20.2. The molecule has 1 rings (SSSR count). The third-order valence-corrected chi connectivity index (χ3v) is 7.19. The van der Waals surface area contributed by atoms with Gasteiger partial charge in [-0.3, -0.25) is 0 Å². The van der Waals surface area contributed by atoms with E-state index in [4.69, 9.17) is 0 Å². The summed E-state index contributed by atoms with van der Waals surface area (Å²) in [5.74, 6) is 1.06. The molecule has 1 aliphatic carbocycles. The first kappa shape index (κ1) is 26.0. The molecule has 0 radical (unpaired) electrons. The van der Waals surface area contributed by atoms with Gasteiger partial charge in [0.25, 0.3) is 0 Å².